The molecule has 2 amide bonds. The monoisotopic (exact) mass is 341 g/mol. The van der Waals surface area contributed by atoms with E-state index in [4.69, 9.17) is 0 Å². The van der Waals surface area contributed by atoms with Gasteiger partial charge < -0.3 is 15.5 Å². The second kappa shape index (κ2) is 5.99. The number of carbonyl (C=O) groups is 2. The number of hydrogen-bond acceptors (Lipinski definition) is 3. The molecule has 0 bridgehead atoms. The van der Waals surface area contributed by atoms with Gasteiger partial charge in [0.1, 0.15) is 6.04 Å². The van der Waals surface area contributed by atoms with E-state index in [1.54, 1.807) is 4.90 Å². The zero-order valence-electron chi connectivity index (χ0n) is 13.1. The second-order valence-electron chi connectivity index (χ2n) is 6.19. The van der Waals surface area contributed by atoms with Gasteiger partial charge in [-0.3, -0.25) is 9.59 Å². The van der Waals surface area contributed by atoms with Gasteiger partial charge in [0.2, 0.25) is 11.8 Å². The minimum absolute atomic E-state index is 0.0938. The number of rotatable bonds is 4. The van der Waals surface area contributed by atoms with Gasteiger partial charge >= 0.3 is 6.18 Å². The van der Waals surface area contributed by atoms with E-state index in [2.05, 4.69) is 10.6 Å². The summed E-state index contributed by atoms with van der Waals surface area (Å²) in [6.07, 6.45) is -1.99. The normalized spacial score (nSPS) is 21.1. The molecule has 1 saturated heterocycles. The summed E-state index contributed by atoms with van der Waals surface area (Å²) in [6.45, 7) is 1.88. The maximum Gasteiger partial charge on any atom is 0.416 e. The molecule has 1 aliphatic heterocycles. The molecular weight excluding hydrogens is 323 g/mol. The number of nitrogens with zero attached hydrogens (tertiary/aromatic N) is 1. The number of hydrogen-bond donors (Lipinski definition) is 2. The van der Waals surface area contributed by atoms with Crippen molar-refractivity contribution in [3.63, 3.8) is 0 Å². The van der Waals surface area contributed by atoms with Crippen LogP contribution >= 0.6 is 0 Å². The first-order valence-corrected chi connectivity index (χ1v) is 7.81. The van der Waals surface area contributed by atoms with E-state index in [0.29, 0.717) is 13.0 Å². The second-order valence-corrected chi connectivity index (χ2v) is 6.19. The molecule has 0 aromatic heterocycles. The Labute approximate surface area is 137 Å². The Morgan fingerprint density at radius 3 is 2.50 bits per heavy atom. The zero-order chi connectivity index (χ0) is 17.5. The summed E-state index contributed by atoms with van der Waals surface area (Å²) in [5.41, 5.74) is -0.493. The first-order valence-electron chi connectivity index (χ1n) is 7.81. The van der Waals surface area contributed by atoms with Crippen molar-refractivity contribution in [1.82, 2.24) is 4.90 Å². The van der Waals surface area contributed by atoms with Crippen LogP contribution in [0.5, 0.6) is 0 Å². The summed E-state index contributed by atoms with van der Waals surface area (Å²) < 4.78 is 38.8. The molecule has 1 heterocycles. The number of alkyl halides is 3. The molecule has 1 aliphatic carbocycles. The Hall–Kier alpha value is -2.25. The van der Waals surface area contributed by atoms with E-state index in [9.17, 15) is 22.8 Å². The lowest BCUT2D eigenvalue weighted by Gasteiger charge is -2.20. The van der Waals surface area contributed by atoms with Crippen molar-refractivity contribution in [2.24, 2.45) is 0 Å². The lowest BCUT2D eigenvalue weighted by atomic mass is 10.1. The predicted octanol–water partition coefficient (Wildman–Crippen LogP) is 2.84. The lowest BCUT2D eigenvalue weighted by molar-refractivity contribution is -0.137. The molecule has 2 N–H and O–H groups in total. The van der Waals surface area contributed by atoms with Crippen molar-refractivity contribution in [2.45, 2.75) is 44.4 Å². The van der Waals surface area contributed by atoms with Crippen molar-refractivity contribution in [2.75, 3.05) is 17.2 Å². The van der Waals surface area contributed by atoms with Crippen molar-refractivity contribution >= 4 is 23.2 Å². The van der Waals surface area contributed by atoms with Crippen LogP contribution in [0.3, 0.4) is 0 Å². The van der Waals surface area contributed by atoms with Gasteiger partial charge in [0.25, 0.3) is 0 Å². The number of carbonyl (C=O) groups excluding carboxylic acids is 2. The third kappa shape index (κ3) is 3.47. The van der Waals surface area contributed by atoms with Crippen LogP contribution in [0.15, 0.2) is 18.2 Å². The van der Waals surface area contributed by atoms with Crippen molar-refractivity contribution < 1.29 is 22.8 Å². The molecule has 0 radical (unpaired) electrons. The molecule has 1 atom stereocenters. The molecule has 1 aromatic carbocycles. The molecule has 3 rings (SSSR count). The Kier molecular flexibility index (Phi) is 4.15. The highest BCUT2D eigenvalue weighted by Gasteiger charge is 2.40. The van der Waals surface area contributed by atoms with Gasteiger partial charge in [-0.05, 0) is 37.5 Å². The van der Waals surface area contributed by atoms with Gasteiger partial charge in [-0.1, -0.05) is 0 Å². The summed E-state index contributed by atoms with van der Waals surface area (Å²) in [7, 11) is 0. The van der Waals surface area contributed by atoms with Gasteiger partial charge in [0.15, 0.2) is 0 Å². The largest absolute Gasteiger partial charge is 0.416 e. The quantitative estimate of drug-likeness (QED) is 0.885. The van der Waals surface area contributed by atoms with Gasteiger partial charge in [-0.25, -0.2) is 0 Å². The third-order valence-corrected chi connectivity index (χ3v) is 4.21. The summed E-state index contributed by atoms with van der Waals surface area (Å²) in [5, 5.41) is 5.38. The predicted molar refractivity (Wildman–Crippen MR) is 82.5 cm³/mol. The van der Waals surface area contributed by atoms with Crippen LogP contribution in [-0.2, 0) is 15.8 Å². The van der Waals surface area contributed by atoms with Crippen LogP contribution in [0.4, 0.5) is 24.5 Å². The number of benzene rings is 1. The topological polar surface area (TPSA) is 61.4 Å². The zero-order valence-corrected chi connectivity index (χ0v) is 13.1. The number of likely N-dealkylation sites (tertiary alicyclic amines) is 1. The third-order valence-electron chi connectivity index (χ3n) is 4.21. The van der Waals surface area contributed by atoms with Crippen molar-refractivity contribution in [1.29, 1.82) is 0 Å². The lowest BCUT2D eigenvalue weighted by Crippen LogP contribution is -2.35. The maximum atomic E-state index is 12.9. The van der Waals surface area contributed by atoms with Gasteiger partial charge in [0, 0.05) is 19.5 Å². The number of halogens is 3. The standard InChI is InChI=1S/C16H18F3N3O2/c1-9(23)20-12-5-2-10(16(17,18)19)8-14(12)21-13-6-7-22(15(13)24)11-3-4-11/h2,5,8,11,13,21H,3-4,6-7H2,1H3,(H,20,23)/t13-/m1/s1. The Morgan fingerprint density at radius 2 is 1.92 bits per heavy atom. The fourth-order valence-corrected chi connectivity index (χ4v) is 2.91. The highest BCUT2D eigenvalue weighted by Crippen LogP contribution is 2.36. The van der Waals surface area contributed by atoms with E-state index in [-0.39, 0.29) is 23.3 Å². The molecule has 8 heteroatoms. The average molecular weight is 341 g/mol. The maximum absolute atomic E-state index is 12.9. The van der Waals surface area contributed by atoms with Crippen molar-refractivity contribution in [3.8, 4) is 0 Å². The van der Waals surface area contributed by atoms with Gasteiger partial charge in [-0.15, -0.1) is 0 Å². The van der Waals surface area contributed by atoms with Crippen LogP contribution in [0.2, 0.25) is 0 Å². The molecule has 0 unspecified atom stereocenters. The van der Waals surface area contributed by atoms with Gasteiger partial charge in [0.05, 0.1) is 16.9 Å². The van der Waals surface area contributed by atoms with Gasteiger partial charge in [-0.2, -0.15) is 13.2 Å². The van der Waals surface area contributed by atoms with Crippen molar-refractivity contribution in [3.05, 3.63) is 23.8 Å². The minimum atomic E-state index is -4.50. The molecule has 2 fully saturated rings. The van der Waals surface area contributed by atoms with Crippen LogP contribution in [-0.4, -0.2) is 35.3 Å². The van der Waals surface area contributed by atoms with E-state index in [1.165, 1.54) is 13.0 Å². The summed E-state index contributed by atoms with van der Waals surface area (Å²) in [6, 6.07) is 2.74. The molecule has 1 saturated carbocycles. The summed E-state index contributed by atoms with van der Waals surface area (Å²) >= 11 is 0. The van der Waals surface area contributed by atoms with E-state index < -0.39 is 23.7 Å². The molecule has 130 valence electrons. The molecule has 1 aromatic rings. The summed E-state index contributed by atoms with van der Waals surface area (Å²) in [4.78, 5) is 25.4. The SMILES string of the molecule is CC(=O)Nc1ccc(C(F)(F)F)cc1N[C@@H]1CCN(C2CC2)C1=O. The van der Waals surface area contributed by atoms with E-state index >= 15 is 0 Å². The average Bonchev–Trinajstić information content (AvgIpc) is 3.25. The number of nitrogens with one attached hydrogen (secondary N) is 2. The van der Waals surface area contributed by atoms with E-state index in [1.807, 2.05) is 0 Å². The molecular formula is C16H18F3N3O2. The Bertz CT molecular complexity index is 671. The molecule has 24 heavy (non-hydrogen) atoms. The first kappa shape index (κ1) is 16.6. The Balaban J connectivity index is 1.84. The highest BCUT2D eigenvalue weighted by atomic mass is 19.4. The highest BCUT2D eigenvalue weighted by molar-refractivity contribution is 5.94. The Morgan fingerprint density at radius 1 is 1.21 bits per heavy atom. The number of anilines is 2. The van der Waals surface area contributed by atoms with E-state index in [0.717, 1.165) is 25.0 Å². The fourth-order valence-electron chi connectivity index (χ4n) is 2.91. The van der Waals surface area contributed by atoms with Crippen LogP contribution in [0.1, 0.15) is 31.7 Å². The summed E-state index contributed by atoms with van der Waals surface area (Å²) in [5.74, 6) is -0.487. The van der Waals surface area contributed by atoms with Crippen LogP contribution in [0, 0.1) is 0 Å². The smallest absolute Gasteiger partial charge is 0.372 e. The molecule has 2 aliphatic rings. The molecule has 5 nitrogen and oxygen atoms in total. The number of amides is 2. The van der Waals surface area contributed by atoms with Crippen LogP contribution < -0.4 is 10.6 Å². The first-order chi connectivity index (χ1) is 11.3. The minimum Gasteiger partial charge on any atom is -0.372 e. The fraction of sp³-hybridized carbons (Fsp3) is 0.500. The molecule has 0 spiro atoms. The van der Waals surface area contributed by atoms with Crippen LogP contribution in [0.25, 0.3) is 0 Å².